The predicted octanol–water partition coefficient (Wildman–Crippen LogP) is 6.04. The van der Waals surface area contributed by atoms with Gasteiger partial charge >= 0.3 is 6.03 Å². The Bertz CT molecular complexity index is 1580. The molecular weight excluding hydrogens is 556 g/mol. The van der Waals surface area contributed by atoms with Crippen LogP contribution >= 0.6 is 11.3 Å². The van der Waals surface area contributed by atoms with Crippen LogP contribution in [0.3, 0.4) is 0 Å². The van der Waals surface area contributed by atoms with Gasteiger partial charge in [-0.1, -0.05) is 83.9 Å². The van der Waals surface area contributed by atoms with Gasteiger partial charge in [-0.05, 0) is 43.0 Å². The molecular formula is C35H36N4O3S. The van der Waals surface area contributed by atoms with Crippen LogP contribution in [0.2, 0.25) is 0 Å². The van der Waals surface area contributed by atoms with Crippen LogP contribution in [0.1, 0.15) is 43.9 Å². The lowest BCUT2D eigenvalue weighted by Gasteiger charge is -2.36. The summed E-state index contributed by atoms with van der Waals surface area (Å²) in [5.74, 6) is -1.40. The van der Waals surface area contributed by atoms with Gasteiger partial charge in [0.25, 0.3) is 0 Å². The molecule has 4 unspecified atom stereocenters. The van der Waals surface area contributed by atoms with E-state index in [4.69, 9.17) is 0 Å². The first kappa shape index (κ1) is 28.8. The van der Waals surface area contributed by atoms with Crippen molar-refractivity contribution >= 4 is 34.7 Å². The van der Waals surface area contributed by atoms with Gasteiger partial charge in [0, 0.05) is 48.2 Å². The maximum atomic E-state index is 14.7. The van der Waals surface area contributed by atoms with Crippen LogP contribution in [-0.4, -0.2) is 59.7 Å². The Balaban J connectivity index is 1.55. The van der Waals surface area contributed by atoms with Gasteiger partial charge in [0.15, 0.2) is 5.78 Å². The first-order chi connectivity index (χ1) is 20.9. The van der Waals surface area contributed by atoms with E-state index in [1.165, 1.54) is 11.3 Å². The lowest BCUT2D eigenvalue weighted by molar-refractivity contribution is -0.136. The lowest BCUT2D eigenvalue weighted by atomic mass is 9.78. The average molecular weight is 593 g/mol. The quantitative estimate of drug-likeness (QED) is 0.268. The molecule has 0 bridgehead atoms. The highest BCUT2D eigenvalue weighted by molar-refractivity contribution is 7.10. The van der Waals surface area contributed by atoms with Crippen LogP contribution in [0, 0.1) is 19.8 Å². The fraction of sp³-hybridized carbons (Fsp3) is 0.286. The summed E-state index contributed by atoms with van der Waals surface area (Å²) in [6.07, 6.45) is 0. The number of likely N-dealkylation sites (tertiary alicyclic amines) is 1. The number of carbonyl (C=O) groups is 3. The summed E-state index contributed by atoms with van der Waals surface area (Å²) in [7, 11) is 0. The van der Waals surface area contributed by atoms with Crippen molar-refractivity contribution in [3.05, 3.63) is 124 Å². The second-order valence-electron chi connectivity index (χ2n) is 11.4. The Morgan fingerprint density at radius 1 is 0.837 bits per heavy atom. The van der Waals surface area contributed by atoms with Gasteiger partial charge in [-0.15, -0.1) is 11.3 Å². The fourth-order valence-corrected chi connectivity index (χ4v) is 7.38. The number of Topliss-reactive ketones (excluding diaryl/α,β-unsaturated/α-hetero) is 1. The van der Waals surface area contributed by atoms with E-state index in [2.05, 4.69) is 10.6 Å². The summed E-state index contributed by atoms with van der Waals surface area (Å²) in [4.78, 5) is 48.3. The van der Waals surface area contributed by atoms with Gasteiger partial charge < -0.3 is 20.4 Å². The number of hydrogen-bond donors (Lipinski definition) is 2. The summed E-state index contributed by atoms with van der Waals surface area (Å²) in [5.41, 5.74) is 4.12. The summed E-state index contributed by atoms with van der Waals surface area (Å²) < 4.78 is 0. The first-order valence-corrected chi connectivity index (χ1v) is 15.6. The minimum absolute atomic E-state index is 0.0713. The largest absolute Gasteiger partial charge is 0.338 e. The SMILES string of the molecule is Cc1ccc(C(=O)C2C(c3cccs3)C(C(=O)N3CCNCC3)N(C(=O)Nc3ccccc3)C2c2cccc(C)c2)cc1. The second-order valence-corrected chi connectivity index (χ2v) is 12.4. The number of ketones is 1. The third-order valence-corrected chi connectivity index (χ3v) is 9.48. The number of carbonyl (C=O) groups excluding carboxylic acids is 3. The van der Waals surface area contributed by atoms with Crippen molar-refractivity contribution < 1.29 is 14.4 Å². The van der Waals surface area contributed by atoms with Crippen molar-refractivity contribution in [3.8, 4) is 0 Å². The standard InChI is InChI=1S/C35H36N4O3S/c1-23-13-15-25(16-14-23)33(40)30-29(28-12-7-21-43-28)32(34(41)38-19-17-36-18-20-38)39(31(30)26-9-6-8-24(2)22-26)35(42)37-27-10-4-3-5-11-27/h3-16,21-22,29-32,36H,17-20H2,1-2H3,(H,37,42). The zero-order valence-electron chi connectivity index (χ0n) is 24.4. The zero-order valence-corrected chi connectivity index (χ0v) is 25.2. The molecule has 0 spiro atoms. The number of anilines is 1. The number of nitrogens with one attached hydrogen (secondary N) is 2. The van der Waals surface area contributed by atoms with Gasteiger partial charge in [-0.25, -0.2) is 4.79 Å². The number of benzene rings is 3. The molecule has 220 valence electrons. The Kier molecular flexibility index (Phi) is 8.40. The van der Waals surface area contributed by atoms with Crippen LogP contribution in [-0.2, 0) is 4.79 Å². The van der Waals surface area contributed by atoms with Crippen molar-refractivity contribution in [1.29, 1.82) is 0 Å². The summed E-state index contributed by atoms with van der Waals surface area (Å²) in [5, 5.41) is 8.35. The molecule has 3 aromatic carbocycles. The van der Waals surface area contributed by atoms with Gasteiger partial charge in [0.2, 0.25) is 5.91 Å². The normalized spacial score (nSPS) is 21.9. The van der Waals surface area contributed by atoms with Crippen molar-refractivity contribution in [3.63, 3.8) is 0 Å². The molecule has 4 atom stereocenters. The molecule has 4 aromatic rings. The molecule has 3 amide bonds. The van der Waals surface area contributed by atoms with E-state index in [0.717, 1.165) is 21.6 Å². The van der Waals surface area contributed by atoms with E-state index in [9.17, 15) is 14.4 Å². The number of nitrogens with zero attached hydrogens (tertiary/aromatic N) is 2. The van der Waals surface area contributed by atoms with Crippen LogP contribution in [0.5, 0.6) is 0 Å². The number of aryl methyl sites for hydroxylation is 2. The molecule has 8 heteroatoms. The molecule has 6 rings (SSSR count). The molecule has 2 N–H and O–H groups in total. The van der Waals surface area contributed by atoms with E-state index >= 15 is 0 Å². The second kappa shape index (κ2) is 12.5. The number of urea groups is 1. The molecule has 2 aliphatic rings. The van der Waals surface area contributed by atoms with E-state index in [1.54, 1.807) is 4.90 Å². The lowest BCUT2D eigenvalue weighted by Crippen LogP contribution is -2.55. The van der Waals surface area contributed by atoms with Crippen molar-refractivity contribution in [1.82, 2.24) is 15.1 Å². The molecule has 0 aliphatic carbocycles. The van der Waals surface area contributed by atoms with E-state index in [1.807, 2.05) is 115 Å². The summed E-state index contributed by atoms with van der Waals surface area (Å²) in [6.45, 7) is 6.46. The Labute approximate surface area is 256 Å². The topological polar surface area (TPSA) is 81.8 Å². The minimum Gasteiger partial charge on any atom is -0.338 e. The number of piperazine rings is 1. The smallest absolute Gasteiger partial charge is 0.323 e. The van der Waals surface area contributed by atoms with Crippen molar-refractivity contribution in [2.75, 3.05) is 31.5 Å². The van der Waals surface area contributed by atoms with Crippen LogP contribution in [0.15, 0.2) is 96.4 Å². The maximum Gasteiger partial charge on any atom is 0.323 e. The Hall–Kier alpha value is -4.27. The molecule has 2 aliphatic heterocycles. The highest BCUT2D eigenvalue weighted by Crippen LogP contribution is 2.52. The minimum atomic E-state index is -0.870. The molecule has 43 heavy (non-hydrogen) atoms. The number of amides is 3. The van der Waals surface area contributed by atoms with Crippen molar-refractivity contribution in [2.24, 2.45) is 5.92 Å². The number of rotatable bonds is 6. The zero-order chi connectivity index (χ0) is 29.9. The van der Waals surface area contributed by atoms with Crippen LogP contribution in [0.4, 0.5) is 10.5 Å². The third-order valence-electron chi connectivity index (χ3n) is 8.50. The molecule has 3 heterocycles. The summed E-state index contributed by atoms with van der Waals surface area (Å²) in [6, 6.07) is 26.8. The fourth-order valence-electron chi connectivity index (χ4n) is 6.47. The van der Waals surface area contributed by atoms with E-state index in [0.29, 0.717) is 37.4 Å². The number of hydrogen-bond acceptors (Lipinski definition) is 5. The van der Waals surface area contributed by atoms with E-state index in [-0.39, 0.29) is 11.7 Å². The Morgan fingerprint density at radius 3 is 2.26 bits per heavy atom. The highest BCUT2D eigenvalue weighted by Gasteiger charge is 2.58. The van der Waals surface area contributed by atoms with Gasteiger partial charge in [0.05, 0.1) is 12.0 Å². The maximum absolute atomic E-state index is 14.7. The molecule has 2 saturated heterocycles. The predicted molar refractivity (Wildman–Crippen MR) is 171 cm³/mol. The first-order valence-electron chi connectivity index (χ1n) is 14.8. The van der Waals surface area contributed by atoms with Crippen LogP contribution < -0.4 is 10.6 Å². The molecule has 7 nitrogen and oxygen atoms in total. The molecule has 2 fully saturated rings. The Morgan fingerprint density at radius 2 is 1.58 bits per heavy atom. The third kappa shape index (κ3) is 5.85. The van der Waals surface area contributed by atoms with E-state index < -0.39 is 30.0 Å². The summed E-state index contributed by atoms with van der Waals surface area (Å²) >= 11 is 1.53. The van der Waals surface area contributed by atoms with Gasteiger partial charge in [-0.2, -0.15) is 0 Å². The number of thiophene rings is 1. The molecule has 1 aromatic heterocycles. The molecule has 0 radical (unpaired) electrons. The van der Waals surface area contributed by atoms with Gasteiger partial charge in [0.1, 0.15) is 6.04 Å². The number of para-hydroxylation sites is 1. The van der Waals surface area contributed by atoms with Gasteiger partial charge in [-0.3, -0.25) is 9.59 Å². The van der Waals surface area contributed by atoms with Crippen LogP contribution in [0.25, 0.3) is 0 Å². The average Bonchev–Trinajstić information content (AvgIpc) is 3.68. The van der Waals surface area contributed by atoms with Crippen molar-refractivity contribution in [2.45, 2.75) is 31.8 Å². The monoisotopic (exact) mass is 592 g/mol. The molecule has 0 saturated carbocycles. The highest BCUT2D eigenvalue weighted by atomic mass is 32.1.